The summed E-state index contributed by atoms with van der Waals surface area (Å²) in [5.41, 5.74) is 0.865. The van der Waals surface area contributed by atoms with Crippen LogP contribution in [-0.2, 0) is 4.74 Å². The Hall–Kier alpha value is -1.79. The molecule has 1 aromatic heterocycles. The number of piperidine rings is 1. The summed E-state index contributed by atoms with van der Waals surface area (Å²) in [5.74, 6) is 1.89. The van der Waals surface area contributed by atoms with E-state index in [-0.39, 0.29) is 5.82 Å². The minimum absolute atomic E-state index is 0.237. The quantitative estimate of drug-likeness (QED) is 0.850. The summed E-state index contributed by atoms with van der Waals surface area (Å²) in [7, 11) is 1.74. The van der Waals surface area contributed by atoms with Gasteiger partial charge in [0.15, 0.2) is 0 Å². The number of aromatic nitrogens is 3. The third-order valence-corrected chi connectivity index (χ3v) is 4.37. The van der Waals surface area contributed by atoms with Gasteiger partial charge in [-0.3, -0.25) is 0 Å². The lowest BCUT2D eigenvalue weighted by molar-refractivity contribution is 0.129. The molecule has 2 heterocycles. The molecule has 0 aliphatic carbocycles. The summed E-state index contributed by atoms with van der Waals surface area (Å²) in [6, 6.07) is 6.42. The van der Waals surface area contributed by atoms with Crippen molar-refractivity contribution in [1.82, 2.24) is 19.7 Å². The highest BCUT2D eigenvalue weighted by Crippen LogP contribution is 2.28. The number of hydrogen-bond donors (Lipinski definition) is 0. The summed E-state index contributed by atoms with van der Waals surface area (Å²) in [5, 5.41) is 4.50. The van der Waals surface area contributed by atoms with Gasteiger partial charge in [-0.25, -0.2) is 14.1 Å². The van der Waals surface area contributed by atoms with Gasteiger partial charge in [0, 0.05) is 19.6 Å². The van der Waals surface area contributed by atoms with Gasteiger partial charge >= 0.3 is 0 Å². The van der Waals surface area contributed by atoms with Crippen molar-refractivity contribution in [3.05, 3.63) is 41.7 Å². The molecule has 2 aromatic rings. The van der Waals surface area contributed by atoms with Crippen molar-refractivity contribution in [2.75, 3.05) is 33.4 Å². The number of aryl methyl sites for hydroxylation is 1. The van der Waals surface area contributed by atoms with Crippen LogP contribution in [0.4, 0.5) is 4.39 Å². The molecule has 0 amide bonds. The fraction of sp³-hybridized carbons (Fsp3) is 0.529. The number of rotatable bonds is 5. The zero-order valence-electron chi connectivity index (χ0n) is 13.7. The van der Waals surface area contributed by atoms with Crippen LogP contribution in [0.2, 0.25) is 0 Å². The second-order valence-corrected chi connectivity index (χ2v) is 6.01. The topological polar surface area (TPSA) is 43.2 Å². The summed E-state index contributed by atoms with van der Waals surface area (Å²) in [6.07, 6.45) is 2.12. The van der Waals surface area contributed by atoms with Crippen LogP contribution in [0, 0.1) is 12.7 Å². The molecular formula is C17H23FN4O. The lowest BCUT2D eigenvalue weighted by Crippen LogP contribution is -2.35. The van der Waals surface area contributed by atoms with Crippen LogP contribution in [0.1, 0.15) is 30.4 Å². The second-order valence-electron chi connectivity index (χ2n) is 6.01. The Bertz CT molecular complexity index is 633. The molecule has 1 aliphatic rings. The van der Waals surface area contributed by atoms with Crippen molar-refractivity contribution in [2.45, 2.75) is 25.7 Å². The number of methoxy groups -OCH3 is 1. The standard InChI is InChI=1S/C17H23FN4O/c1-13-19-17(14-7-9-21(10-8-14)11-12-23-2)22(20-13)16-5-3-15(18)4-6-16/h3-6,14H,7-12H2,1-2H3. The van der Waals surface area contributed by atoms with Gasteiger partial charge in [0.1, 0.15) is 17.5 Å². The summed E-state index contributed by atoms with van der Waals surface area (Å²) < 4.78 is 20.2. The van der Waals surface area contributed by atoms with Crippen molar-refractivity contribution in [3.63, 3.8) is 0 Å². The third-order valence-electron chi connectivity index (χ3n) is 4.37. The van der Waals surface area contributed by atoms with E-state index >= 15 is 0 Å². The van der Waals surface area contributed by atoms with Crippen molar-refractivity contribution in [3.8, 4) is 5.69 Å². The first-order valence-electron chi connectivity index (χ1n) is 8.08. The van der Waals surface area contributed by atoms with Crippen molar-refractivity contribution in [2.24, 2.45) is 0 Å². The Kier molecular flexibility index (Phi) is 5.03. The Morgan fingerprint density at radius 3 is 2.57 bits per heavy atom. The first kappa shape index (κ1) is 16.1. The molecule has 124 valence electrons. The minimum atomic E-state index is -0.237. The molecule has 1 saturated heterocycles. The summed E-state index contributed by atoms with van der Waals surface area (Å²) in [4.78, 5) is 7.06. The zero-order valence-corrected chi connectivity index (χ0v) is 13.7. The number of halogens is 1. The maximum Gasteiger partial charge on any atom is 0.148 e. The second kappa shape index (κ2) is 7.19. The molecule has 3 rings (SSSR count). The van der Waals surface area contributed by atoms with Gasteiger partial charge < -0.3 is 9.64 Å². The molecule has 0 spiro atoms. The monoisotopic (exact) mass is 318 g/mol. The Labute approximate surface area is 136 Å². The molecule has 0 unspecified atom stereocenters. The van der Waals surface area contributed by atoms with E-state index in [4.69, 9.17) is 4.74 Å². The molecule has 5 nitrogen and oxygen atoms in total. The molecule has 1 fully saturated rings. The smallest absolute Gasteiger partial charge is 0.148 e. The average Bonchev–Trinajstić information content (AvgIpc) is 2.96. The SMILES string of the molecule is COCCN1CCC(c2nc(C)nn2-c2ccc(F)cc2)CC1. The van der Waals surface area contributed by atoms with Crippen LogP contribution in [-0.4, -0.2) is 53.0 Å². The van der Waals surface area contributed by atoms with Gasteiger partial charge in [0.05, 0.1) is 12.3 Å². The average molecular weight is 318 g/mol. The maximum absolute atomic E-state index is 13.1. The summed E-state index contributed by atoms with van der Waals surface area (Å²) in [6.45, 7) is 5.74. The maximum atomic E-state index is 13.1. The van der Waals surface area contributed by atoms with Gasteiger partial charge in [-0.15, -0.1) is 0 Å². The number of benzene rings is 1. The lowest BCUT2D eigenvalue weighted by atomic mass is 9.96. The third kappa shape index (κ3) is 3.76. The molecule has 0 saturated carbocycles. The molecule has 0 N–H and O–H groups in total. The largest absolute Gasteiger partial charge is 0.383 e. The van der Waals surface area contributed by atoms with E-state index in [9.17, 15) is 4.39 Å². The van der Waals surface area contributed by atoms with E-state index < -0.39 is 0 Å². The Morgan fingerprint density at radius 1 is 1.22 bits per heavy atom. The number of hydrogen-bond acceptors (Lipinski definition) is 4. The molecule has 0 radical (unpaired) electrons. The Balaban J connectivity index is 1.75. The van der Waals surface area contributed by atoms with Crippen LogP contribution in [0.15, 0.2) is 24.3 Å². The van der Waals surface area contributed by atoms with E-state index in [1.807, 2.05) is 11.6 Å². The van der Waals surface area contributed by atoms with Gasteiger partial charge in [-0.1, -0.05) is 0 Å². The molecule has 0 bridgehead atoms. The molecular weight excluding hydrogens is 295 g/mol. The number of ether oxygens (including phenoxy) is 1. The van der Waals surface area contributed by atoms with Gasteiger partial charge in [0.2, 0.25) is 0 Å². The van der Waals surface area contributed by atoms with Crippen LogP contribution in [0.25, 0.3) is 5.69 Å². The highest BCUT2D eigenvalue weighted by molar-refractivity contribution is 5.32. The number of likely N-dealkylation sites (tertiary alicyclic amines) is 1. The van der Waals surface area contributed by atoms with Crippen molar-refractivity contribution >= 4 is 0 Å². The first-order chi connectivity index (χ1) is 11.2. The predicted molar refractivity (Wildman–Crippen MR) is 86.3 cm³/mol. The zero-order chi connectivity index (χ0) is 16.2. The molecule has 6 heteroatoms. The van der Waals surface area contributed by atoms with Crippen LogP contribution >= 0.6 is 0 Å². The van der Waals surface area contributed by atoms with Gasteiger partial charge in [-0.05, 0) is 57.1 Å². The predicted octanol–water partition coefficient (Wildman–Crippen LogP) is 2.54. The highest BCUT2D eigenvalue weighted by atomic mass is 19.1. The van der Waals surface area contributed by atoms with E-state index in [0.717, 1.165) is 56.4 Å². The van der Waals surface area contributed by atoms with E-state index in [0.29, 0.717) is 5.92 Å². The fourth-order valence-corrected chi connectivity index (χ4v) is 3.10. The van der Waals surface area contributed by atoms with E-state index in [2.05, 4.69) is 15.0 Å². The molecule has 0 atom stereocenters. The van der Waals surface area contributed by atoms with Gasteiger partial charge in [-0.2, -0.15) is 5.10 Å². The van der Waals surface area contributed by atoms with Gasteiger partial charge in [0.25, 0.3) is 0 Å². The fourth-order valence-electron chi connectivity index (χ4n) is 3.10. The van der Waals surface area contributed by atoms with Crippen molar-refractivity contribution in [1.29, 1.82) is 0 Å². The van der Waals surface area contributed by atoms with Crippen LogP contribution in [0.5, 0.6) is 0 Å². The molecule has 23 heavy (non-hydrogen) atoms. The first-order valence-corrected chi connectivity index (χ1v) is 8.08. The Morgan fingerprint density at radius 2 is 1.91 bits per heavy atom. The highest BCUT2D eigenvalue weighted by Gasteiger charge is 2.25. The van der Waals surface area contributed by atoms with Crippen molar-refractivity contribution < 1.29 is 9.13 Å². The lowest BCUT2D eigenvalue weighted by Gasteiger charge is -2.31. The molecule has 1 aliphatic heterocycles. The van der Waals surface area contributed by atoms with E-state index in [1.165, 1.54) is 12.1 Å². The minimum Gasteiger partial charge on any atom is -0.383 e. The van der Waals surface area contributed by atoms with E-state index in [1.54, 1.807) is 19.2 Å². The summed E-state index contributed by atoms with van der Waals surface area (Å²) >= 11 is 0. The normalized spacial score (nSPS) is 16.8. The van der Waals surface area contributed by atoms with Crippen LogP contribution < -0.4 is 0 Å². The number of nitrogens with zero attached hydrogens (tertiary/aromatic N) is 4. The van der Waals surface area contributed by atoms with Crippen LogP contribution in [0.3, 0.4) is 0 Å². The molecule has 1 aromatic carbocycles.